The third-order valence-electron chi connectivity index (χ3n) is 4.40. The van der Waals surface area contributed by atoms with E-state index in [9.17, 15) is 8.78 Å². The summed E-state index contributed by atoms with van der Waals surface area (Å²) in [4.78, 5) is 0. The lowest BCUT2D eigenvalue weighted by molar-refractivity contribution is 0.361. The van der Waals surface area contributed by atoms with Crippen molar-refractivity contribution in [2.45, 2.75) is 51.4 Å². The summed E-state index contributed by atoms with van der Waals surface area (Å²) in [5, 5.41) is 3.36. The average Bonchev–Trinajstić information content (AvgIpc) is 2.67. The van der Waals surface area contributed by atoms with Crippen molar-refractivity contribution in [3.8, 4) is 0 Å². The molecule has 20 heavy (non-hydrogen) atoms. The maximum Gasteiger partial charge on any atom is 0.126 e. The lowest BCUT2D eigenvalue weighted by Gasteiger charge is -2.27. The van der Waals surface area contributed by atoms with E-state index in [4.69, 9.17) is 0 Å². The number of hydrogen-bond acceptors (Lipinski definition) is 1. The molecule has 0 spiro atoms. The van der Waals surface area contributed by atoms with Crippen LogP contribution in [-0.4, -0.2) is 13.1 Å². The molecule has 112 valence electrons. The topological polar surface area (TPSA) is 12.0 Å². The lowest BCUT2D eigenvalue weighted by Crippen LogP contribution is -2.26. The first-order valence-electron chi connectivity index (χ1n) is 7.87. The van der Waals surface area contributed by atoms with E-state index in [1.807, 2.05) is 0 Å². The summed E-state index contributed by atoms with van der Waals surface area (Å²) in [6.45, 7) is 3.77. The molecule has 1 unspecified atom stereocenters. The minimum atomic E-state index is -0.463. The molecule has 0 bridgehead atoms. The predicted octanol–water partition coefficient (Wildman–Crippen LogP) is 4.63. The van der Waals surface area contributed by atoms with Crippen LogP contribution in [0.1, 0.15) is 56.9 Å². The zero-order chi connectivity index (χ0) is 14.4. The monoisotopic (exact) mass is 281 g/mol. The van der Waals surface area contributed by atoms with Gasteiger partial charge in [-0.05, 0) is 48.9 Å². The van der Waals surface area contributed by atoms with Crippen LogP contribution in [0.3, 0.4) is 0 Å². The molecule has 1 N–H and O–H groups in total. The summed E-state index contributed by atoms with van der Waals surface area (Å²) in [6, 6.07) is 3.98. The number of benzene rings is 1. The molecule has 1 aromatic rings. The molecule has 0 amide bonds. The first-order chi connectivity index (χ1) is 9.70. The normalized spacial score (nSPS) is 18.8. The highest BCUT2D eigenvalue weighted by atomic mass is 19.1. The van der Waals surface area contributed by atoms with Gasteiger partial charge >= 0.3 is 0 Å². The van der Waals surface area contributed by atoms with Gasteiger partial charge in [-0.25, -0.2) is 8.78 Å². The fourth-order valence-electron chi connectivity index (χ4n) is 3.36. The maximum atomic E-state index is 13.5. The lowest BCUT2D eigenvalue weighted by atomic mass is 9.81. The molecule has 1 aliphatic carbocycles. The summed E-state index contributed by atoms with van der Waals surface area (Å²) in [6.07, 6.45) is 7.42. The molecule has 2 rings (SSSR count). The van der Waals surface area contributed by atoms with E-state index in [0.29, 0.717) is 5.92 Å². The van der Waals surface area contributed by atoms with Crippen LogP contribution >= 0.6 is 0 Å². The SMILES string of the molecule is CCNCC(c1cc(F)cc(F)c1)C1CCCCCC1. The average molecular weight is 281 g/mol. The fourth-order valence-corrected chi connectivity index (χ4v) is 3.36. The maximum absolute atomic E-state index is 13.5. The van der Waals surface area contributed by atoms with Gasteiger partial charge in [-0.1, -0.05) is 32.6 Å². The number of rotatable bonds is 5. The summed E-state index contributed by atoms with van der Waals surface area (Å²) >= 11 is 0. The molecule has 1 saturated carbocycles. The van der Waals surface area contributed by atoms with Gasteiger partial charge < -0.3 is 5.32 Å². The van der Waals surface area contributed by atoms with Gasteiger partial charge in [0.15, 0.2) is 0 Å². The Morgan fingerprint density at radius 3 is 2.20 bits per heavy atom. The van der Waals surface area contributed by atoms with E-state index in [0.717, 1.165) is 24.7 Å². The molecule has 1 fully saturated rings. The predicted molar refractivity (Wildman–Crippen MR) is 78.8 cm³/mol. The van der Waals surface area contributed by atoms with Gasteiger partial charge in [0.2, 0.25) is 0 Å². The van der Waals surface area contributed by atoms with E-state index >= 15 is 0 Å². The Hall–Kier alpha value is -0.960. The van der Waals surface area contributed by atoms with Crippen molar-refractivity contribution >= 4 is 0 Å². The summed E-state index contributed by atoms with van der Waals surface area (Å²) in [5.41, 5.74) is 0.815. The van der Waals surface area contributed by atoms with E-state index in [-0.39, 0.29) is 5.92 Å². The van der Waals surface area contributed by atoms with Gasteiger partial charge in [-0.2, -0.15) is 0 Å². The van der Waals surface area contributed by atoms with Crippen molar-refractivity contribution in [2.75, 3.05) is 13.1 Å². The smallest absolute Gasteiger partial charge is 0.126 e. The quantitative estimate of drug-likeness (QED) is 0.776. The Balaban J connectivity index is 2.20. The van der Waals surface area contributed by atoms with E-state index in [1.54, 1.807) is 0 Å². The van der Waals surface area contributed by atoms with Crippen LogP contribution in [-0.2, 0) is 0 Å². The molecule has 1 aliphatic rings. The van der Waals surface area contributed by atoms with E-state index in [1.165, 1.54) is 50.7 Å². The third kappa shape index (κ3) is 4.27. The molecule has 1 nitrogen and oxygen atoms in total. The Morgan fingerprint density at radius 2 is 1.65 bits per heavy atom. The highest BCUT2D eigenvalue weighted by molar-refractivity contribution is 5.23. The highest BCUT2D eigenvalue weighted by Crippen LogP contribution is 2.35. The molecule has 0 radical (unpaired) electrons. The fraction of sp³-hybridized carbons (Fsp3) is 0.647. The van der Waals surface area contributed by atoms with Crippen molar-refractivity contribution in [2.24, 2.45) is 5.92 Å². The zero-order valence-corrected chi connectivity index (χ0v) is 12.3. The minimum Gasteiger partial charge on any atom is -0.316 e. The Morgan fingerprint density at radius 1 is 1.05 bits per heavy atom. The van der Waals surface area contributed by atoms with Crippen LogP contribution in [0, 0.1) is 17.6 Å². The molecule has 0 aliphatic heterocycles. The minimum absolute atomic E-state index is 0.221. The van der Waals surface area contributed by atoms with Crippen LogP contribution < -0.4 is 5.32 Å². The largest absolute Gasteiger partial charge is 0.316 e. The second kappa shape index (κ2) is 7.72. The third-order valence-corrected chi connectivity index (χ3v) is 4.40. The molecule has 0 heterocycles. The number of nitrogens with one attached hydrogen (secondary N) is 1. The first-order valence-corrected chi connectivity index (χ1v) is 7.87. The number of likely N-dealkylation sites (N-methyl/N-ethyl adjacent to an activating group) is 1. The Labute approximate surface area is 120 Å². The Bertz CT molecular complexity index is 391. The molecular weight excluding hydrogens is 256 g/mol. The van der Waals surface area contributed by atoms with Crippen LogP contribution in [0.5, 0.6) is 0 Å². The van der Waals surface area contributed by atoms with Crippen molar-refractivity contribution in [3.05, 3.63) is 35.4 Å². The van der Waals surface area contributed by atoms with E-state index in [2.05, 4.69) is 12.2 Å². The number of hydrogen-bond donors (Lipinski definition) is 1. The van der Waals surface area contributed by atoms with Crippen molar-refractivity contribution < 1.29 is 8.78 Å². The van der Waals surface area contributed by atoms with Gasteiger partial charge in [0.1, 0.15) is 11.6 Å². The second-order valence-electron chi connectivity index (χ2n) is 5.87. The molecule has 0 aromatic heterocycles. The van der Waals surface area contributed by atoms with Crippen molar-refractivity contribution in [1.29, 1.82) is 0 Å². The summed E-state index contributed by atoms with van der Waals surface area (Å²) < 4.78 is 27.0. The molecule has 1 aromatic carbocycles. The highest BCUT2D eigenvalue weighted by Gasteiger charge is 2.24. The van der Waals surface area contributed by atoms with Gasteiger partial charge in [-0.3, -0.25) is 0 Å². The Kier molecular flexibility index (Phi) is 5.96. The van der Waals surface area contributed by atoms with E-state index < -0.39 is 11.6 Å². The molecule has 3 heteroatoms. The van der Waals surface area contributed by atoms with Gasteiger partial charge in [-0.15, -0.1) is 0 Å². The van der Waals surface area contributed by atoms with Gasteiger partial charge in [0, 0.05) is 12.6 Å². The molecular formula is C17H25F2N. The van der Waals surface area contributed by atoms with Crippen molar-refractivity contribution in [3.63, 3.8) is 0 Å². The number of halogens is 2. The van der Waals surface area contributed by atoms with Crippen LogP contribution in [0.4, 0.5) is 8.78 Å². The second-order valence-corrected chi connectivity index (χ2v) is 5.87. The van der Waals surface area contributed by atoms with Crippen LogP contribution in [0.2, 0.25) is 0 Å². The standard InChI is InChI=1S/C17H25F2N/c1-2-20-12-17(13-7-5-3-4-6-8-13)14-9-15(18)11-16(19)10-14/h9-11,13,17,20H,2-8,12H2,1H3. The molecule has 0 saturated heterocycles. The van der Waals surface area contributed by atoms with Crippen LogP contribution in [0.25, 0.3) is 0 Å². The van der Waals surface area contributed by atoms with Gasteiger partial charge in [0.25, 0.3) is 0 Å². The molecule has 1 atom stereocenters. The first kappa shape index (κ1) is 15.4. The summed E-state index contributed by atoms with van der Waals surface area (Å²) in [7, 11) is 0. The summed E-state index contributed by atoms with van der Waals surface area (Å²) in [5.74, 6) is -0.166. The van der Waals surface area contributed by atoms with Crippen molar-refractivity contribution in [1.82, 2.24) is 5.32 Å². The van der Waals surface area contributed by atoms with Crippen LogP contribution in [0.15, 0.2) is 18.2 Å². The van der Waals surface area contributed by atoms with Gasteiger partial charge in [0.05, 0.1) is 0 Å². The zero-order valence-electron chi connectivity index (χ0n) is 12.3.